The topological polar surface area (TPSA) is 488 Å². The number of rotatable bonds is 40. The number of ketones is 1. The van der Waals surface area contributed by atoms with E-state index < -0.39 is 126 Å². The zero-order valence-electron chi connectivity index (χ0n) is 44.6. The van der Waals surface area contributed by atoms with E-state index >= 15 is 4.39 Å². The number of benzene rings is 1. The highest BCUT2D eigenvalue weighted by Crippen LogP contribution is 2.22. The first-order chi connectivity index (χ1) is 37.2. The number of carbonyl (C=O) groups is 9. The van der Waals surface area contributed by atoms with E-state index in [0.717, 1.165) is 0 Å². The van der Waals surface area contributed by atoms with E-state index in [2.05, 4.69) is 37.2 Å². The summed E-state index contributed by atoms with van der Waals surface area (Å²) >= 11 is 0. The van der Waals surface area contributed by atoms with E-state index in [1.54, 1.807) is 6.07 Å². The third kappa shape index (κ3) is 24.5. The Labute approximate surface area is 454 Å². The molecule has 1 aromatic rings. The van der Waals surface area contributed by atoms with Gasteiger partial charge in [-0.05, 0) is 128 Å². The number of unbranched alkanes of at least 4 members (excludes halogenated alkanes) is 2. The van der Waals surface area contributed by atoms with Gasteiger partial charge in [-0.1, -0.05) is 24.6 Å². The molecule has 1 fully saturated rings. The van der Waals surface area contributed by atoms with Crippen molar-refractivity contribution in [3.05, 3.63) is 35.6 Å². The molecule has 1 aliphatic rings. The van der Waals surface area contributed by atoms with E-state index in [0.29, 0.717) is 51.6 Å². The molecule has 1 heterocycles. The molecule has 1 aliphatic heterocycles. The number of carboxylic acid groups (broad SMARTS) is 1. The summed E-state index contributed by atoms with van der Waals surface area (Å²) < 4.78 is 15.2. The lowest BCUT2D eigenvalue weighted by atomic mass is 9.93. The fraction of sp³-hybridized carbons (Fsp3) is 0.680. The fourth-order valence-corrected chi connectivity index (χ4v) is 8.74. The van der Waals surface area contributed by atoms with Crippen LogP contribution in [0.1, 0.15) is 108 Å². The van der Waals surface area contributed by atoms with Gasteiger partial charge < -0.3 is 92.5 Å². The lowest BCUT2D eigenvalue weighted by Gasteiger charge is -2.30. The van der Waals surface area contributed by atoms with Crippen molar-refractivity contribution in [2.75, 3.05) is 52.4 Å². The van der Waals surface area contributed by atoms with Gasteiger partial charge in [0.05, 0.1) is 30.7 Å². The highest BCUT2D eigenvalue weighted by molar-refractivity contribution is 5.97. The first-order valence-electron chi connectivity index (χ1n) is 26.8. The molecule has 78 heavy (non-hydrogen) atoms. The Kier molecular flexibility index (Phi) is 32.4. The number of nitrogens with one attached hydrogen (secondary N) is 8. The van der Waals surface area contributed by atoms with E-state index in [1.165, 1.54) is 23.1 Å². The summed E-state index contributed by atoms with van der Waals surface area (Å²) in [5.74, 6) is -9.09. The number of hydrogen-bond acceptors (Lipinski definition) is 17. The third-order valence-electron chi connectivity index (χ3n) is 13.2. The molecule has 1 saturated heterocycles. The van der Waals surface area contributed by atoms with Crippen LogP contribution in [0.3, 0.4) is 0 Å². The Hall–Kier alpha value is -6.43. The zero-order valence-corrected chi connectivity index (χ0v) is 44.6. The maximum Gasteiger partial charge on any atom is 0.306 e. The SMILES string of the molecule is N=C(N)NCCCC(CCC(=O)[C@H](CCCCN)NC(=O)C(Cc1ccccc1F)NC(=O)[C@@H]1CCCN1C(=O)[C@@H](CCCN)NC(=O)CNC(=O)[C@H](CCCN)NC(=O)[C@@H](NC(=O)[C@@H](N)CCCCN)[C@@H](O)CN)C(=O)O. The quantitative estimate of drug-likeness (QED) is 0.0168. The number of amides is 7. The van der Waals surface area contributed by atoms with Gasteiger partial charge in [-0.2, -0.15) is 0 Å². The Morgan fingerprint density at radius 2 is 1.29 bits per heavy atom. The number of aliphatic hydroxyl groups excluding tert-OH is 1. The van der Waals surface area contributed by atoms with E-state index in [-0.39, 0.29) is 108 Å². The smallest absolute Gasteiger partial charge is 0.306 e. The summed E-state index contributed by atoms with van der Waals surface area (Å²) in [7, 11) is 0. The number of nitrogens with zero attached hydrogens (tertiary/aromatic N) is 1. The van der Waals surface area contributed by atoms with Gasteiger partial charge in [-0.15, -0.1) is 0 Å². The van der Waals surface area contributed by atoms with Crippen molar-refractivity contribution in [1.29, 1.82) is 5.41 Å². The summed E-state index contributed by atoms with van der Waals surface area (Å²) in [6.07, 6.45) is 1.76. The maximum absolute atomic E-state index is 15.2. The average Bonchev–Trinajstić information content (AvgIpc) is 3.91. The number of aliphatic carboxylic acids is 1. The van der Waals surface area contributed by atoms with Gasteiger partial charge in [0.25, 0.3) is 0 Å². The van der Waals surface area contributed by atoms with Gasteiger partial charge in [0.15, 0.2) is 11.7 Å². The Morgan fingerprint density at radius 3 is 1.91 bits per heavy atom. The summed E-state index contributed by atoms with van der Waals surface area (Å²) in [6.45, 7) is 0.112. The molecule has 0 saturated carbocycles. The van der Waals surface area contributed by atoms with Gasteiger partial charge in [-0.3, -0.25) is 48.6 Å². The van der Waals surface area contributed by atoms with Crippen molar-refractivity contribution < 1.29 is 57.8 Å². The minimum absolute atomic E-state index is 0.0150. The average molecular weight is 1110 g/mol. The molecule has 7 amide bonds. The van der Waals surface area contributed by atoms with Crippen LogP contribution in [0.25, 0.3) is 0 Å². The van der Waals surface area contributed by atoms with Gasteiger partial charge >= 0.3 is 5.97 Å². The number of aliphatic hydroxyl groups is 1. The monoisotopic (exact) mass is 1110 g/mol. The molecule has 24 N–H and O–H groups in total. The molecule has 0 aliphatic carbocycles. The van der Waals surface area contributed by atoms with E-state index in [9.17, 15) is 53.4 Å². The molecule has 1 aromatic carbocycles. The van der Waals surface area contributed by atoms with Gasteiger partial charge in [-0.25, -0.2) is 4.39 Å². The molecular weight excluding hydrogens is 1020 g/mol. The second-order valence-corrected chi connectivity index (χ2v) is 19.4. The molecule has 440 valence electrons. The number of hydrogen-bond donors (Lipinski definition) is 17. The number of carboxylic acids is 1. The highest BCUT2D eigenvalue weighted by Gasteiger charge is 2.40. The van der Waals surface area contributed by atoms with Gasteiger partial charge in [0.1, 0.15) is 36.0 Å². The standard InChI is InChI=1S/C50H87FN16O11/c51-32-13-2-1-11-31(32)27-37(45(73)63-34(15-4-6-22-53)39(68)20-19-30(49(77)78)12-9-25-60-50(58)59)65-46(74)38-18-10-26-67(38)48(76)36(17-8-24-55)62-41(70)29-61-44(72)35(16-7-23-54)64-47(75)42(40(69)28-56)66-43(71)33(57)14-3-5-21-52/h1-2,11,13,30,33-38,40,42,69H,3-10,12,14-29,52-57H2,(H,61,72)(H,62,70)(H,63,73)(H,64,75)(H,65,74)(H,66,71)(H,77,78)(H4,58,59,60)/t30?,33-,34-,35-,36+,37?,38-,40-,42-/m0/s1. The lowest BCUT2D eigenvalue weighted by molar-refractivity contribution is -0.143. The molecule has 28 heteroatoms. The van der Waals surface area contributed by atoms with Crippen LogP contribution >= 0.6 is 0 Å². The van der Waals surface area contributed by atoms with Crippen molar-refractivity contribution in [3.63, 3.8) is 0 Å². The molecule has 2 rings (SSSR count). The van der Waals surface area contributed by atoms with Crippen molar-refractivity contribution in [2.45, 2.75) is 158 Å². The summed E-state index contributed by atoms with van der Waals surface area (Å²) in [4.78, 5) is 123. The molecule has 2 unspecified atom stereocenters. The lowest BCUT2D eigenvalue weighted by Crippen LogP contribution is -2.61. The molecular formula is C50H87FN16O11. The summed E-state index contributed by atoms with van der Waals surface area (Å²) in [5.41, 5.74) is 39.7. The van der Waals surface area contributed by atoms with E-state index in [4.69, 9.17) is 45.5 Å². The van der Waals surface area contributed by atoms with Crippen LogP contribution in [0, 0.1) is 17.1 Å². The first-order valence-corrected chi connectivity index (χ1v) is 26.8. The van der Waals surface area contributed by atoms with Crippen LogP contribution in [0.15, 0.2) is 24.3 Å². The summed E-state index contributed by atoms with van der Waals surface area (Å²) in [5, 5.41) is 45.6. The molecule has 0 spiro atoms. The molecule has 0 radical (unpaired) electrons. The zero-order chi connectivity index (χ0) is 58.2. The maximum atomic E-state index is 15.2. The minimum Gasteiger partial charge on any atom is -0.481 e. The van der Waals surface area contributed by atoms with Gasteiger partial charge in [0.2, 0.25) is 41.4 Å². The van der Waals surface area contributed by atoms with Crippen molar-refractivity contribution in [3.8, 4) is 0 Å². The number of nitrogens with two attached hydrogens (primary N) is 7. The number of halogens is 1. The second-order valence-electron chi connectivity index (χ2n) is 19.4. The number of guanidine groups is 1. The molecule has 0 bridgehead atoms. The summed E-state index contributed by atoms with van der Waals surface area (Å²) in [6, 6.07) is -3.37. The van der Waals surface area contributed by atoms with Crippen LogP contribution in [-0.4, -0.2) is 175 Å². The molecule has 9 atom stereocenters. The predicted octanol–water partition coefficient (Wildman–Crippen LogP) is -4.40. The van der Waals surface area contributed by atoms with Crippen LogP contribution in [-0.2, 0) is 49.6 Å². The van der Waals surface area contributed by atoms with Crippen molar-refractivity contribution in [2.24, 2.45) is 46.1 Å². The molecule has 0 aromatic heterocycles. The predicted molar refractivity (Wildman–Crippen MR) is 287 cm³/mol. The van der Waals surface area contributed by atoms with Crippen molar-refractivity contribution in [1.82, 2.24) is 42.1 Å². The van der Waals surface area contributed by atoms with Crippen LogP contribution in [0.5, 0.6) is 0 Å². The number of likely N-dealkylation sites (tertiary alicyclic amines) is 1. The Balaban J connectivity index is 2.28. The number of carbonyl (C=O) groups excluding carboxylic acids is 8. The van der Waals surface area contributed by atoms with Crippen LogP contribution < -0.4 is 77.4 Å². The molecule has 27 nitrogen and oxygen atoms in total. The fourth-order valence-electron chi connectivity index (χ4n) is 8.74. The largest absolute Gasteiger partial charge is 0.481 e. The van der Waals surface area contributed by atoms with E-state index in [1.807, 2.05) is 0 Å². The van der Waals surface area contributed by atoms with Crippen molar-refractivity contribution >= 4 is 59.1 Å². The Morgan fingerprint density at radius 1 is 0.679 bits per heavy atom. The second kappa shape index (κ2) is 37.4. The first kappa shape index (κ1) is 67.7. The third-order valence-corrected chi connectivity index (χ3v) is 13.2. The minimum atomic E-state index is -1.60. The van der Waals surface area contributed by atoms with Crippen LogP contribution in [0.2, 0.25) is 0 Å². The Bertz CT molecular complexity index is 2110. The number of Topliss-reactive ketones (excluding diaryl/α,β-unsaturated/α-hetero) is 1. The normalized spacial score (nSPS) is 16.2. The highest BCUT2D eigenvalue weighted by atomic mass is 19.1. The van der Waals surface area contributed by atoms with Crippen LogP contribution in [0.4, 0.5) is 4.39 Å². The van der Waals surface area contributed by atoms with Gasteiger partial charge in [0, 0.05) is 32.5 Å².